The maximum atomic E-state index is 14.2. The summed E-state index contributed by atoms with van der Waals surface area (Å²) < 4.78 is 25.9. The van der Waals surface area contributed by atoms with Gasteiger partial charge in [-0.2, -0.15) is 0 Å². The molecule has 22 heavy (non-hydrogen) atoms. The molecule has 3 rings (SSSR count). The molecule has 0 aliphatic heterocycles. The Morgan fingerprint density at radius 1 is 1.05 bits per heavy atom. The Bertz CT molecular complexity index is 803. The fraction of sp³-hybridized carbons (Fsp3) is 0.111. The lowest BCUT2D eigenvalue weighted by Crippen LogP contribution is -1.98. The van der Waals surface area contributed by atoms with Gasteiger partial charge >= 0.3 is 0 Å². The van der Waals surface area contributed by atoms with Crippen LogP contribution in [0, 0.1) is 5.82 Å². The molecule has 0 aliphatic carbocycles. The SMILES string of the molecule is COc1cc(Br)c2c(OCc3ccccc3)c(F)ccc2c1. The highest BCUT2D eigenvalue weighted by molar-refractivity contribution is 9.10. The summed E-state index contributed by atoms with van der Waals surface area (Å²) in [6, 6.07) is 16.5. The van der Waals surface area contributed by atoms with Crippen LogP contribution in [-0.4, -0.2) is 7.11 Å². The number of fused-ring (bicyclic) bond motifs is 1. The molecular weight excluding hydrogens is 347 g/mol. The van der Waals surface area contributed by atoms with Crippen LogP contribution in [0.2, 0.25) is 0 Å². The maximum absolute atomic E-state index is 14.2. The van der Waals surface area contributed by atoms with Crippen LogP contribution >= 0.6 is 15.9 Å². The molecule has 0 fully saturated rings. The first-order valence-electron chi connectivity index (χ1n) is 6.81. The van der Waals surface area contributed by atoms with Gasteiger partial charge in [-0.05, 0) is 45.1 Å². The minimum absolute atomic E-state index is 0.246. The Morgan fingerprint density at radius 3 is 2.55 bits per heavy atom. The van der Waals surface area contributed by atoms with Crippen LogP contribution in [0.5, 0.6) is 11.5 Å². The first kappa shape index (κ1) is 14.9. The first-order valence-corrected chi connectivity index (χ1v) is 7.61. The zero-order valence-electron chi connectivity index (χ0n) is 12.0. The number of methoxy groups -OCH3 is 1. The van der Waals surface area contributed by atoms with E-state index < -0.39 is 0 Å². The second-order valence-electron chi connectivity index (χ2n) is 4.86. The van der Waals surface area contributed by atoms with E-state index in [2.05, 4.69) is 15.9 Å². The van der Waals surface area contributed by atoms with E-state index in [1.165, 1.54) is 6.07 Å². The molecule has 3 aromatic rings. The van der Waals surface area contributed by atoms with E-state index in [0.29, 0.717) is 17.7 Å². The lowest BCUT2D eigenvalue weighted by molar-refractivity contribution is 0.294. The van der Waals surface area contributed by atoms with Crippen molar-refractivity contribution in [3.63, 3.8) is 0 Å². The molecule has 3 aromatic carbocycles. The minimum Gasteiger partial charge on any atom is -0.497 e. The van der Waals surface area contributed by atoms with Crippen molar-refractivity contribution in [1.82, 2.24) is 0 Å². The molecule has 0 unspecified atom stereocenters. The van der Waals surface area contributed by atoms with Crippen LogP contribution in [0.15, 0.2) is 59.1 Å². The molecule has 0 saturated carbocycles. The number of ether oxygens (including phenoxy) is 2. The predicted octanol–water partition coefficient (Wildman–Crippen LogP) is 5.33. The van der Waals surface area contributed by atoms with Crippen molar-refractivity contribution in [2.24, 2.45) is 0 Å². The number of rotatable bonds is 4. The third kappa shape index (κ3) is 2.92. The molecule has 0 bridgehead atoms. The van der Waals surface area contributed by atoms with E-state index >= 15 is 0 Å². The van der Waals surface area contributed by atoms with Crippen molar-refractivity contribution in [3.05, 3.63) is 70.5 Å². The van der Waals surface area contributed by atoms with Gasteiger partial charge in [-0.25, -0.2) is 4.39 Å². The molecule has 0 spiro atoms. The van der Waals surface area contributed by atoms with Gasteiger partial charge in [0.2, 0.25) is 0 Å². The minimum atomic E-state index is -0.380. The third-order valence-electron chi connectivity index (χ3n) is 3.41. The Kier molecular flexibility index (Phi) is 4.29. The first-order chi connectivity index (χ1) is 10.7. The molecule has 0 radical (unpaired) electrons. The molecule has 0 amide bonds. The summed E-state index contributed by atoms with van der Waals surface area (Å²) in [5, 5.41) is 1.56. The quantitative estimate of drug-likeness (QED) is 0.625. The van der Waals surface area contributed by atoms with Crippen LogP contribution in [0.1, 0.15) is 5.56 Å². The second-order valence-corrected chi connectivity index (χ2v) is 5.71. The van der Waals surface area contributed by atoms with Crippen LogP contribution in [0.25, 0.3) is 10.8 Å². The van der Waals surface area contributed by atoms with Crippen LogP contribution < -0.4 is 9.47 Å². The van der Waals surface area contributed by atoms with Gasteiger partial charge < -0.3 is 9.47 Å². The van der Waals surface area contributed by atoms with Crippen LogP contribution in [0.3, 0.4) is 0 Å². The third-order valence-corrected chi connectivity index (χ3v) is 4.03. The summed E-state index contributed by atoms with van der Waals surface area (Å²) in [7, 11) is 1.60. The van der Waals surface area contributed by atoms with Gasteiger partial charge in [-0.3, -0.25) is 0 Å². The van der Waals surface area contributed by atoms with Gasteiger partial charge in [0.05, 0.1) is 7.11 Å². The Hall–Kier alpha value is -2.07. The van der Waals surface area contributed by atoms with Gasteiger partial charge in [0.15, 0.2) is 11.6 Å². The average molecular weight is 361 g/mol. The van der Waals surface area contributed by atoms with Crippen molar-refractivity contribution < 1.29 is 13.9 Å². The van der Waals surface area contributed by atoms with E-state index in [1.54, 1.807) is 19.2 Å². The van der Waals surface area contributed by atoms with Crippen molar-refractivity contribution >= 4 is 26.7 Å². The zero-order valence-corrected chi connectivity index (χ0v) is 13.6. The molecular formula is C18H14BrFO2. The highest BCUT2D eigenvalue weighted by atomic mass is 79.9. The maximum Gasteiger partial charge on any atom is 0.165 e. The van der Waals surface area contributed by atoms with Crippen molar-refractivity contribution in [3.8, 4) is 11.5 Å². The van der Waals surface area contributed by atoms with E-state index in [4.69, 9.17) is 9.47 Å². The normalized spacial score (nSPS) is 10.7. The van der Waals surface area contributed by atoms with E-state index in [-0.39, 0.29) is 11.6 Å². The Labute approximate surface area is 136 Å². The summed E-state index contributed by atoms with van der Waals surface area (Å²) in [4.78, 5) is 0. The van der Waals surface area contributed by atoms with Gasteiger partial charge in [0, 0.05) is 9.86 Å². The second kappa shape index (κ2) is 6.36. The van der Waals surface area contributed by atoms with Crippen molar-refractivity contribution in [1.29, 1.82) is 0 Å². The van der Waals surface area contributed by atoms with Gasteiger partial charge in [-0.15, -0.1) is 0 Å². The highest BCUT2D eigenvalue weighted by Gasteiger charge is 2.13. The summed E-state index contributed by atoms with van der Waals surface area (Å²) >= 11 is 3.47. The van der Waals surface area contributed by atoms with Gasteiger partial charge in [-0.1, -0.05) is 36.4 Å². The molecule has 112 valence electrons. The van der Waals surface area contributed by atoms with E-state index in [1.807, 2.05) is 36.4 Å². The average Bonchev–Trinajstić information content (AvgIpc) is 2.55. The lowest BCUT2D eigenvalue weighted by Gasteiger charge is -2.13. The van der Waals surface area contributed by atoms with Gasteiger partial charge in [0.1, 0.15) is 12.4 Å². The molecule has 4 heteroatoms. The van der Waals surface area contributed by atoms with E-state index in [0.717, 1.165) is 15.4 Å². The molecule has 0 saturated heterocycles. The smallest absolute Gasteiger partial charge is 0.165 e. The van der Waals surface area contributed by atoms with E-state index in [9.17, 15) is 4.39 Å². The monoisotopic (exact) mass is 360 g/mol. The fourth-order valence-corrected chi connectivity index (χ4v) is 2.95. The largest absolute Gasteiger partial charge is 0.497 e. The highest BCUT2D eigenvalue weighted by Crippen LogP contribution is 2.37. The number of hydrogen-bond donors (Lipinski definition) is 0. The summed E-state index contributed by atoms with van der Waals surface area (Å²) in [6.45, 7) is 0.315. The number of halogens is 2. The summed E-state index contributed by atoms with van der Waals surface area (Å²) in [5.41, 5.74) is 0.989. The molecule has 0 heterocycles. The predicted molar refractivity (Wildman–Crippen MR) is 88.9 cm³/mol. The molecule has 0 aromatic heterocycles. The molecule has 0 aliphatic rings. The number of benzene rings is 3. The molecule has 0 atom stereocenters. The zero-order chi connectivity index (χ0) is 15.5. The van der Waals surface area contributed by atoms with Crippen LogP contribution in [-0.2, 0) is 6.61 Å². The Balaban J connectivity index is 2.02. The number of hydrogen-bond acceptors (Lipinski definition) is 2. The van der Waals surface area contributed by atoms with Crippen molar-refractivity contribution in [2.45, 2.75) is 6.61 Å². The Morgan fingerprint density at radius 2 is 1.82 bits per heavy atom. The molecule has 2 nitrogen and oxygen atoms in total. The van der Waals surface area contributed by atoms with Crippen molar-refractivity contribution in [2.75, 3.05) is 7.11 Å². The molecule has 0 N–H and O–H groups in total. The summed E-state index contributed by atoms with van der Waals surface area (Å²) in [6.07, 6.45) is 0. The fourth-order valence-electron chi connectivity index (χ4n) is 2.32. The summed E-state index contributed by atoms with van der Waals surface area (Å²) in [5.74, 6) is 0.574. The van der Waals surface area contributed by atoms with Gasteiger partial charge in [0.25, 0.3) is 0 Å². The van der Waals surface area contributed by atoms with Crippen LogP contribution in [0.4, 0.5) is 4.39 Å². The topological polar surface area (TPSA) is 18.5 Å². The standard InChI is InChI=1S/C18H14BrFO2/c1-21-14-9-13-7-8-16(20)18(17(13)15(19)10-14)22-11-12-5-3-2-4-6-12/h2-10H,11H2,1H3. The lowest BCUT2D eigenvalue weighted by atomic mass is 10.1.